The first-order valence-corrected chi connectivity index (χ1v) is 7.85. The molecule has 0 spiro atoms. The molecule has 2 aromatic rings. The predicted octanol–water partition coefficient (Wildman–Crippen LogP) is 1.22. The summed E-state index contributed by atoms with van der Waals surface area (Å²) in [7, 11) is -4.35. The zero-order valence-electron chi connectivity index (χ0n) is 10.1. The Kier molecular flexibility index (Phi) is 4.17. The van der Waals surface area contributed by atoms with Gasteiger partial charge in [-0.25, -0.2) is 0 Å². The first-order valence-electron chi connectivity index (χ1n) is 5.41. The van der Waals surface area contributed by atoms with Gasteiger partial charge in [0.25, 0.3) is 0 Å². The predicted molar refractivity (Wildman–Crippen MR) is 69.8 cm³/mol. The van der Waals surface area contributed by atoms with Gasteiger partial charge in [-0.1, -0.05) is 0 Å². The van der Waals surface area contributed by atoms with E-state index in [1.54, 1.807) is 18.2 Å². The molecule has 0 aliphatic rings. The molecular weight excluding hydrogens is 279 g/mol. The molecule has 0 unspecified atom stereocenters. The van der Waals surface area contributed by atoms with E-state index in [-0.39, 0.29) is 22.1 Å². The van der Waals surface area contributed by atoms with E-state index < -0.39 is 10.1 Å². The van der Waals surface area contributed by atoms with Crippen LogP contribution in [0.4, 0.5) is 0 Å². The average Bonchev–Trinajstić information content (AvgIpc) is 2.30. The summed E-state index contributed by atoms with van der Waals surface area (Å²) in [4.78, 5) is -0.275. The molecule has 94 valence electrons. The van der Waals surface area contributed by atoms with Gasteiger partial charge in [0.05, 0.1) is 0 Å². The van der Waals surface area contributed by atoms with Crippen molar-refractivity contribution in [3.8, 4) is 17.2 Å². The van der Waals surface area contributed by atoms with Crippen LogP contribution in [0.1, 0.15) is 0 Å². The Bertz CT molecular complexity index is 712. The molecule has 0 radical (unpaired) electrons. The fraction of sp³-hybridized carbons (Fsp3) is 0. The fourth-order valence-electron chi connectivity index (χ4n) is 1.58. The van der Waals surface area contributed by atoms with E-state index in [0.29, 0.717) is 27.9 Å². The van der Waals surface area contributed by atoms with Crippen LogP contribution in [-0.2, 0) is 10.1 Å². The van der Waals surface area contributed by atoms with Crippen molar-refractivity contribution in [1.82, 2.24) is 0 Å². The second kappa shape index (κ2) is 5.52. The molecule has 7 heteroatoms. The van der Waals surface area contributed by atoms with E-state index in [1.165, 1.54) is 24.3 Å². The summed E-state index contributed by atoms with van der Waals surface area (Å²) in [5.74, 6) is 0.309. The Balaban J connectivity index is 2.46. The Morgan fingerprint density at radius 3 is 2.47 bits per heavy atom. The third-order valence-corrected chi connectivity index (χ3v) is 3.92. The van der Waals surface area contributed by atoms with Gasteiger partial charge >= 0.3 is 128 Å². The zero-order valence-corrected chi connectivity index (χ0v) is 12.9. The topological polar surface area (TPSA) is 83.8 Å². The van der Waals surface area contributed by atoms with Crippen molar-refractivity contribution < 1.29 is 22.8 Å². The summed E-state index contributed by atoms with van der Waals surface area (Å²) in [5, 5.41) is 9.32. The number of hydrogen-bond donors (Lipinski definition) is 2. The molecule has 0 amide bonds. The number of ether oxygens (including phenoxy) is 1. The Morgan fingerprint density at radius 2 is 1.84 bits per heavy atom. The van der Waals surface area contributed by atoms with E-state index in [2.05, 4.69) is 0 Å². The van der Waals surface area contributed by atoms with E-state index >= 15 is 0 Å². The molecule has 0 bridgehead atoms. The number of phenolic OH excluding ortho intramolecular Hbond substituents is 1. The van der Waals surface area contributed by atoms with Gasteiger partial charge in [-0.05, 0) is 0 Å². The summed E-state index contributed by atoms with van der Waals surface area (Å²) < 4.78 is 38.0. The van der Waals surface area contributed by atoms with Crippen LogP contribution in [-0.4, -0.2) is 46.0 Å². The van der Waals surface area contributed by atoms with Crippen LogP contribution in [0.3, 0.4) is 0 Å². The molecule has 2 rings (SSSR count). The Morgan fingerprint density at radius 1 is 1.11 bits per heavy atom. The van der Waals surface area contributed by atoms with Gasteiger partial charge in [0, 0.05) is 0 Å². The minimum absolute atomic E-state index is 0.00502. The quantitative estimate of drug-likeness (QED) is 0.655. The molecule has 2 aromatic carbocycles. The van der Waals surface area contributed by atoms with Crippen LogP contribution < -0.4 is 7.55 Å². The molecule has 0 heterocycles. The van der Waals surface area contributed by atoms with Gasteiger partial charge in [0.2, 0.25) is 0 Å². The number of hydrogen-bond acceptors (Lipinski definition) is 4. The molecule has 0 aliphatic carbocycles. The molecule has 0 saturated carbocycles. The van der Waals surface area contributed by atoms with Crippen LogP contribution in [0.5, 0.6) is 17.2 Å². The molecule has 0 atom stereocenters. The molecule has 0 saturated heterocycles. The standard InChI is InChI=1S/C12H9O5S.Na/c13-9-4-3-5-10(8-9)17-11-6-1-2-7-12(11)18(14,15)16;/h1,3-8,13H,(H,14,15,16);. The van der Waals surface area contributed by atoms with Gasteiger partial charge in [0.1, 0.15) is 0 Å². The molecule has 0 aliphatic heterocycles. The van der Waals surface area contributed by atoms with Gasteiger partial charge in [-0.2, -0.15) is 0 Å². The molecule has 5 nitrogen and oxygen atoms in total. The molecule has 19 heavy (non-hydrogen) atoms. The van der Waals surface area contributed by atoms with Gasteiger partial charge in [0.15, 0.2) is 0 Å². The summed E-state index contributed by atoms with van der Waals surface area (Å²) in [6, 6.07) is 10.5. The summed E-state index contributed by atoms with van der Waals surface area (Å²) >= 11 is 0.654. The number of benzene rings is 2. The Hall–Kier alpha value is -1.05. The van der Waals surface area contributed by atoms with Crippen molar-refractivity contribution in [2.24, 2.45) is 0 Å². The number of aromatic hydroxyl groups is 1. The van der Waals surface area contributed by atoms with Gasteiger partial charge in [-0.3, -0.25) is 0 Å². The third-order valence-electron chi connectivity index (χ3n) is 2.42. The van der Waals surface area contributed by atoms with Gasteiger partial charge in [-0.15, -0.1) is 0 Å². The summed E-state index contributed by atoms with van der Waals surface area (Å²) in [6.45, 7) is 0. The Labute approximate surface area is 128 Å². The average molecular weight is 288 g/mol. The van der Waals surface area contributed by atoms with Crippen LogP contribution in [0.15, 0.2) is 47.4 Å². The normalized spacial score (nSPS) is 11.3. The van der Waals surface area contributed by atoms with Crippen molar-refractivity contribution in [2.75, 3.05) is 0 Å². The molecule has 2 N–H and O–H groups in total. The van der Waals surface area contributed by atoms with Gasteiger partial charge < -0.3 is 0 Å². The van der Waals surface area contributed by atoms with E-state index in [1.807, 2.05) is 0 Å². The molecule has 0 fully saturated rings. The van der Waals surface area contributed by atoms with E-state index in [0.717, 1.165) is 2.81 Å². The van der Waals surface area contributed by atoms with Crippen molar-refractivity contribution in [2.45, 2.75) is 4.90 Å². The SMILES string of the molecule is O=S(=O)(O)c1c[c]([Na])ccc1Oc1cccc(O)c1. The number of phenols is 1. The third kappa shape index (κ3) is 3.71. The molecular formula is C12H9NaO5S. The van der Waals surface area contributed by atoms with Crippen molar-refractivity contribution >= 4 is 40.9 Å². The van der Waals surface area contributed by atoms with Crippen LogP contribution in [0.2, 0.25) is 0 Å². The number of rotatable bonds is 3. The first-order chi connectivity index (χ1) is 8.86. The minimum atomic E-state index is -4.35. The van der Waals surface area contributed by atoms with Crippen LogP contribution in [0, 0.1) is 0 Å². The zero-order chi connectivity index (χ0) is 14.0. The maximum absolute atomic E-state index is 11.3. The van der Waals surface area contributed by atoms with Crippen molar-refractivity contribution in [1.29, 1.82) is 0 Å². The van der Waals surface area contributed by atoms with E-state index in [4.69, 9.17) is 4.74 Å². The second-order valence-corrected chi connectivity index (χ2v) is 6.57. The van der Waals surface area contributed by atoms with Crippen molar-refractivity contribution in [3.63, 3.8) is 0 Å². The summed E-state index contributed by atoms with van der Waals surface area (Å²) in [6.07, 6.45) is 0. The maximum atomic E-state index is 11.3. The van der Waals surface area contributed by atoms with Crippen molar-refractivity contribution in [3.05, 3.63) is 42.5 Å². The first kappa shape index (κ1) is 14.4. The van der Waals surface area contributed by atoms with E-state index in [9.17, 15) is 18.1 Å². The fourth-order valence-corrected chi connectivity index (χ4v) is 2.94. The van der Waals surface area contributed by atoms with Crippen LogP contribution in [0.25, 0.3) is 0 Å². The van der Waals surface area contributed by atoms with Crippen LogP contribution >= 0.6 is 0 Å². The monoisotopic (exact) mass is 288 g/mol. The summed E-state index contributed by atoms with van der Waals surface area (Å²) in [5.41, 5.74) is 0. The molecule has 0 aromatic heterocycles. The second-order valence-electron chi connectivity index (χ2n) is 4.02.